The average Bonchev–Trinajstić information content (AvgIpc) is 2.45. The minimum Gasteiger partial charge on any atom is -0.481 e. The van der Waals surface area contributed by atoms with Gasteiger partial charge >= 0.3 is 5.97 Å². The van der Waals surface area contributed by atoms with Gasteiger partial charge in [0, 0.05) is 24.0 Å². The van der Waals surface area contributed by atoms with Crippen LogP contribution in [0.1, 0.15) is 36.0 Å². The Morgan fingerprint density at radius 1 is 1.33 bits per heavy atom. The zero-order valence-electron chi connectivity index (χ0n) is 11.7. The number of amides is 1. The Balaban J connectivity index is 2.04. The molecule has 114 valence electrons. The van der Waals surface area contributed by atoms with Crippen LogP contribution in [0.3, 0.4) is 0 Å². The molecule has 21 heavy (non-hydrogen) atoms. The third kappa shape index (κ3) is 3.97. The first kappa shape index (κ1) is 15.8. The minimum absolute atomic E-state index is 0.230. The standard InChI is InChI=1S/C15H19BrN2O3/c16-11-2-1-3-12(14(11)15(17)21)18-8-6-10(7-9-18)4-5-13(19)20/h1-3,10H,4-9H2,(H2,17,21)(H,19,20). The third-order valence-electron chi connectivity index (χ3n) is 3.96. The number of piperidine rings is 1. The van der Waals surface area contributed by atoms with E-state index >= 15 is 0 Å². The minimum atomic E-state index is -0.736. The van der Waals surface area contributed by atoms with Gasteiger partial charge < -0.3 is 15.7 Å². The molecule has 2 rings (SSSR count). The fourth-order valence-corrected chi connectivity index (χ4v) is 3.36. The maximum atomic E-state index is 11.6. The summed E-state index contributed by atoms with van der Waals surface area (Å²) in [6.07, 6.45) is 2.84. The van der Waals surface area contributed by atoms with Gasteiger partial charge in [-0.15, -0.1) is 0 Å². The van der Waals surface area contributed by atoms with Crippen molar-refractivity contribution in [3.8, 4) is 0 Å². The van der Waals surface area contributed by atoms with Crippen molar-refractivity contribution in [1.29, 1.82) is 0 Å². The van der Waals surface area contributed by atoms with Crippen LogP contribution >= 0.6 is 15.9 Å². The van der Waals surface area contributed by atoms with Gasteiger partial charge in [0.2, 0.25) is 0 Å². The average molecular weight is 355 g/mol. The van der Waals surface area contributed by atoms with Crippen molar-refractivity contribution in [1.82, 2.24) is 0 Å². The molecular weight excluding hydrogens is 336 g/mol. The number of rotatable bonds is 5. The van der Waals surface area contributed by atoms with E-state index in [0.717, 1.165) is 38.0 Å². The first-order valence-corrected chi connectivity index (χ1v) is 7.83. The van der Waals surface area contributed by atoms with E-state index in [-0.39, 0.29) is 6.42 Å². The Morgan fingerprint density at radius 2 is 2.00 bits per heavy atom. The SMILES string of the molecule is NC(=O)c1c(Br)cccc1N1CCC(CCC(=O)O)CC1. The zero-order valence-corrected chi connectivity index (χ0v) is 13.3. The predicted octanol–water partition coefficient (Wildman–Crippen LogP) is 2.63. The third-order valence-corrected chi connectivity index (χ3v) is 4.62. The highest BCUT2D eigenvalue weighted by Gasteiger charge is 2.23. The summed E-state index contributed by atoms with van der Waals surface area (Å²) in [6, 6.07) is 5.61. The van der Waals surface area contributed by atoms with Gasteiger partial charge in [-0.3, -0.25) is 9.59 Å². The lowest BCUT2D eigenvalue weighted by molar-refractivity contribution is -0.137. The largest absolute Gasteiger partial charge is 0.481 e. The van der Waals surface area contributed by atoms with E-state index in [0.29, 0.717) is 16.0 Å². The molecule has 0 aliphatic carbocycles. The molecule has 1 fully saturated rings. The molecule has 1 heterocycles. The quantitative estimate of drug-likeness (QED) is 0.851. The summed E-state index contributed by atoms with van der Waals surface area (Å²) >= 11 is 3.37. The van der Waals surface area contributed by atoms with Gasteiger partial charge in [-0.1, -0.05) is 6.07 Å². The summed E-state index contributed by atoms with van der Waals surface area (Å²) in [5.41, 5.74) is 6.84. The Bertz CT molecular complexity index is 540. The van der Waals surface area contributed by atoms with Crippen LogP contribution in [0.25, 0.3) is 0 Å². The maximum Gasteiger partial charge on any atom is 0.303 e. The number of benzene rings is 1. The van der Waals surface area contributed by atoms with E-state index in [2.05, 4.69) is 20.8 Å². The summed E-state index contributed by atoms with van der Waals surface area (Å²) in [5.74, 6) is -0.729. The number of carbonyl (C=O) groups excluding carboxylic acids is 1. The second-order valence-corrected chi connectivity index (χ2v) is 6.22. The molecule has 0 atom stereocenters. The number of primary amides is 1. The molecule has 1 aromatic rings. The first-order valence-electron chi connectivity index (χ1n) is 7.04. The van der Waals surface area contributed by atoms with E-state index in [1.165, 1.54) is 0 Å². The molecule has 1 saturated heterocycles. The number of carboxylic acids is 1. The number of hydrogen-bond donors (Lipinski definition) is 2. The highest BCUT2D eigenvalue weighted by atomic mass is 79.9. The van der Waals surface area contributed by atoms with Gasteiger partial charge in [0.25, 0.3) is 5.91 Å². The molecule has 0 aromatic heterocycles. The van der Waals surface area contributed by atoms with Crippen LogP contribution in [-0.2, 0) is 4.79 Å². The Morgan fingerprint density at radius 3 is 2.57 bits per heavy atom. The molecule has 0 unspecified atom stereocenters. The van der Waals surface area contributed by atoms with Crippen molar-refractivity contribution in [2.24, 2.45) is 11.7 Å². The number of anilines is 1. The van der Waals surface area contributed by atoms with Gasteiger partial charge in [-0.05, 0) is 53.2 Å². The summed E-state index contributed by atoms with van der Waals surface area (Å²) in [5, 5.41) is 8.74. The lowest BCUT2D eigenvalue weighted by Gasteiger charge is -2.34. The molecule has 1 aliphatic rings. The van der Waals surface area contributed by atoms with E-state index in [4.69, 9.17) is 10.8 Å². The van der Waals surface area contributed by atoms with E-state index < -0.39 is 11.9 Å². The molecule has 6 heteroatoms. The molecule has 0 spiro atoms. The molecule has 5 nitrogen and oxygen atoms in total. The Kier molecular flexibility index (Phi) is 5.22. The fourth-order valence-electron chi connectivity index (χ4n) is 2.81. The lowest BCUT2D eigenvalue weighted by atomic mass is 9.91. The molecule has 1 aliphatic heterocycles. The van der Waals surface area contributed by atoms with Crippen LogP contribution in [0.5, 0.6) is 0 Å². The smallest absolute Gasteiger partial charge is 0.303 e. The normalized spacial score (nSPS) is 16.0. The Labute approximate surface area is 132 Å². The predicted molar refractivity (Wildman–Crippen MR) is 84.5 cm³/mol. The summed E-state index contributed by atoms with van der Waals surface area (Å²) in [4.78, 5) is 24.4. The molecule has 3 N–H and O–H groups in total. The molecule has 1 amide bonds. The number of halogens is 1. The number of carbonyl (C=O) groups is 2. The van der Waals surface area contributed by atoms with E-state index in [1.807, 2.05) is 18.2 Å². The number of hydrogen-bond acceptors (Lipinski definition) is 3. The van der Waals surface area contributed by atoms with Crippen molar-refractivity contribution in [3.05, 3.63) is 28.2 Å². The second kappa shape index (κ2) is 6.93. The van der Waals surface area contributed by atoms with Crippen molar-refractivity contribution in [2.75, 3.05) is 18.0 Å². The zero-order chi connectivity index (χ0) is 15.4. The van der Waals surface area contributed by atoms with Gasteiger partial charge in [0.05, 0.1) is 11.3 Å². The molecule has 0 bridgehead atoms. The molecule has 1 aromatic carbocycles. The first-order chi connectivity index (χ1) is 9.99. The van der Waals surface area contributed by atoms with Gasteiger partial charge in [0.15, 0.2) is 0 Å². The summed E-state index contributed by atoms with van der Waals surface area (Å²) in [6.45, 7) is 1.64. The highest BCUT2D eigenvalue weighted by molar-refractivity contribution is 9.10. The van der Waals surface area contributed by atoms with Crippen LogP contribution in [0.15, 0.2) is 22.7 Å². The number of nitrogens with zero attached hydrogens (tertiary/aromatic N) is 1. The number of aliphatic carboxylic acids is 1. The van der Waals surface area contributed by atoms with Crippen molar-refractivity contribution >= 4 is 33.5 Å². The number of carboxylic acid groups (broad SMARTS) is 1. The van der Waals surface area contributed by atoms with Crippen molar-refractivity contribution in [3.63, 3.8) is 0 Å². The van der Waals surface area contributed by atoms with E-state index in [1.54, 1.807) is 0 Å². The van der Waals surface area contributed by atoms with Crippen LogP contribution in [0.4, 0.5) is 5.69 Å². The molecule has 0 saturated carbocycles. The number of nitrogens with two attached hydrogens (primary N) is 1. The topological polar surface area (TPSA) is 83.6 Å². The van der Waals surface area contributed by atoms with Crippen molar-refractivity contribution < 1.29 is 14.7 Å². The monoisotopic (exact) mass is 354 g/mol. The summed E-state index contributed by atoms with van der Waals surface area (Å²) < 4.78 is 0.709. The fraction of sp³-hybridized carbons (Fsp3) is 0.467. The van der Waals surface area contributed by atoms with E-state index in [9.17, 15) is 9.59 Å². The summed E-state index contributed by atoms with van der Waals surface area (Å²) in [7, 11) is 0. The molecule has 0 radical (unpaired) electrons. The van der Waals surface area contributed by atoms with Crippen LogP contribution in [0, 0.1) is 5.92 Å². The highest BCUT2D eigenvalue weighted by Crippen LogP contribution is 2.31. The maximum absolute atomic E-state index is 11.6. The van der Waals surface area contributed by atoms with Crippen molar-refractivity contribution in [2.45, 2.75) is 25.7 Å². The van der Waals surface area contributed by atoms with Gasteiger partial charge in [-0.2, -0.15) is 0 Å². The van der Waals surface area contributed by atoms with Crippen LogP contribution < -0.4 is 10.6 Å². The van der Waals surface area contributed by atoms with Crippen LogP contribution in [0.2, 0.25) is 0 Å². The van der Waals surface area contributed by atoms with Crippen LogP contribution in [-0.4, -0.2) is 30.1 Å². The second-order valence-electron chi connectivity index (χ2n) is 5.36. The Hall–Kier alpha value is -1.56. The molecular formula is C15H19BrN2O3. The van der Waals surface area contributed by atoms with Gasteiger partial charge in [0.1, 0.15) is 0 Å². The van der Waals surface area contributed by atoms with Gasteiger partial charge in [-0.25, -0.2) is 0 Å². The lowest BCUT2D eigenvalue weighted by Crippen LogP contribution is -2.35.